The molecular formula is C8H11N7O. The van der Waals surface area contributed by atoms with E-state index < -0.39 is 0 Å². The van der Waals surface area contributed by atoms with E-state index in [0.717, 1.165) is 0 Å². The largest absolute Gasteiger partial charge is 0.340 e. The van der Waals surface area contributed by atoms with Crippen molar-refractivity contribution < 1.29 is 4.84 Å². The Labute approximate surface area is 91.1 Å². The summed E-state index contributed by atoms with van der Waals surface area (Å²) in [5, 5.41) is 2.81. The van der Waals surface area contributed by atoms with Crippen LogP contribution < -0.4 is 10.8 Å². The predicted octanol–water partition coefficient (Wildman–Crippen LogP) is 0.396. The molecule has 0 aliphatic heterocycles. The number of hydrogen-bond acceptors (Lipinski definition) is 6. The highest BCUT2D eigenvalue weighted by Crippen LogP contribution is 2.17. The Balaban J connectivity index is 2.43. The minimum Gasteiger partial charge on any atom is -0.340 e. The number of H-pyrrole nitrogens is 1. The zero-order valence-corrected chi connectivity index (χ0v) is 8.85. The van der Waals surface area contributed by atoms with Crippen molar-refractivity contribution in [1.82, 2.24) is 19.9 Å². The molecule has 0 bridgehead atoms. The lowest BCUT2D eigenvalue weighted by molar-refractivity contribution is 0.269. The molecule has 84 valence electrons. The molecular weight excluding hydrogens is 210 g/mol. The molecule has 0 unspecified atom stereocenters. The van der Waals surface area contributed by atoms with Crippen molar-refractivity contribution in [3.05, 3.63) is 6.33 Å². The molecule has 2 aromatic heterocycles. The van der Waals surface area contributed by atoms with Crippen molar-refractivity contribution in [3.63, 3.8) is 0 Å². The molecule has 0 spiro atoms. The number of aliphatic imine (C=N–C) groups is 1. The molecule has 0 amide bonds. The topological polar surface area (TPSA) is 100 Å². The van der Waals surface area contributed by atoms with Crippen LogP contribution in [0.5, 0.6) is 0 Å². The Bertz CT molecular complexity index is 506. The molecule has 2 heterocycles. The van der Waals surface area contributed by atoms with Gasteiger partial charge in [0.25, 0.3) is 0 Å². The smallest absolute Gasteiger partial charge is 0.232 e. The van der Waals surface area contributed by atoms with Gasteiger partial charge in [0.05, 0.1) is 19.8 Å². The van der Waals surface area contributed by atoms with Crippen molar-refractivity contribution in [2.75, 3.05) is 25.0 Å². The van der Waals surface area contributed by atoms with Gasteiger partial charge in [-0.3, -0.25) is 9.83 Å². The van der Waals surface area contributed by atoms with Gasteiger partial charge >= 0.3 is 0 Å². The second-order valence-corrected chi connectivity index (χ2v) is 2.83. The molecule has 0 aliphatic rings. The van der Waals surface area contributed by atoms with E-state index in [1.54, 1.807) is 7.05 Å². The number of imidazole rings is 1. The summed E-state index contributed by atoms with van der Waals surface area (Å²) in [5.41, 5.74) is 3.87. The zero-order chi connectivity index (χ0) is 11.4. The van der Waals surface area contributed by atoms with E-state index in [1.807, 2.05) is 0 Å². The molecule has 0 saturated carbocycles. The lowest BCUT2D eigenvalue weighted by atomic mass is 10.5. The van der Waals surface area contributed by atoms with Crippen molar-refractivity contribution in [2.24, 2.45) is 4.99 Å². The first-order chi connectivity index (χ1) is 7.85. The van der Waals surface area contributed by atoms with E-state index in [9.17, 15) is 0 Å². The minimum atomic E-state index is 0.393. The molecule has 0 aromatic carbocycles. The lowest BCUT2D eigenvalue weighted by Gasteiger charge is -2.04. The van der Waals surface area contributed by atoms with Crippen LogP contribution in [-0.2, 0) is 4.84 Å². The SMILES string of the molecule is CN=CNc1nc(NOC)c2[nH]cnc2n1. The van der Waals surface area contributed by atoms with Gasteiger partial charge in [0.15, 0.2) is 11.5 Å². The van der Waals surface area contributed by atoms with E-state index >= 15 is 0 Å². The van der Waals surface area contributed by atoms with Gasteiger partial charge in [-0.25, -0.2) is 10.5 Å². The van der Waals surface area contributed by atoms with Crippen LogP contribution in [0.3, 0.4) is 0 Å². The Morgan fingerprint density at radius 3 is 3.12 bits per heavy atom. The summed E-state index contributed by atoms with van der Waals surface area (Å²) in [7, 11) is 3.15. The zero-order valence-electron chi connectivity index (χ0n) is 8.85. The fraction of sp³-hybridized carbons (Fsp3) is 0.250. The third-order valence-corrected chi connectivity index (χ3v) is 1.81. The number of nitrogens with one attached hydrogen (secondary N) is 3. The van der Waals surface area contributed by atoms with Gasteiger partial charge in [0, 0.05) is 7.05 Å². The van der Waals surface area contributed by atoms with Gasteiger partial charge in [-0.1, -0.05) is 0 Å². The van der Waals surface area contributed by atoms with Crippen LogP contribution >= 0.6 is 0 Å². The third-order valence-electron chi connectivity index (χ3n) is 1.81. The maximum absolute atomic E-state index is 4.82. The molecule has 0 aliphatic carbocycles. The van der Waals surface area contributed by atoms with Crippen LogP contribution in [0.25, 0.3) is 11.2 Å². The first-order valence-electron chi connectivity index (χ1n) is 4.52. The average molecular weight is 221 g/mol. The van der Waals surface area contributed by atoms with Gasteiger partial charge in [0.1, 0.15) is 5.52 Å². The highest BCUT2D eigenvalue weighted by molar-refractivity contribution is 5.84. The Hall–Kier alpha value is -2.22. The Kier molecular flexibility index (Phi) is 2.92. The standard InChI is InChI=1S/C8H11N7O/c1-9-3-12-8-13-6-5(10-4-11-6)7(14-8)15-16-2/h3-4H,1-2H3,(H3,9,10,11,12,13,14,15). The number of aromatic amines is 1. The third kappa shape index (κ3) is 1.91. The number of rotatable bonds is 4. The number of anilines is 2. The van der Waals surface area contributed by atoms with E-state index in [0.29, 0.717) is 22.9 Å². The van der Waals surface area contributed by atoms with Gasteiger partial charge < -0.3 is 10.3 Å². The summed E-state index contributed by atoms with van der Waals surface area (Å²) in [6.07, 6.45) is 3.03. The Morgan fingerprint density at radius 1 is 1.50 bits per heavy atom. The van der Waals surface area contributed by atoms with E-state index in [1.165, 1.54) is 19.8 Å². The van der Waals surface area contributed by atoms with Gasteiger partial charge in [-0.2, -0.15) is 9.97 Å². The summed E-state index contributed by atoms with van der Waals surface area (Å²) in [5.74, 6) is 0.904. The maximum atomic E-state index is 4.82. The monoisotopic (exact) mass is 221 g/mol. The quantitative estimate of drug-likeness (QED) is 0.392. The fourth-order valence-corrected chi connectivity index (χ4v) is 1.19. The number of hydrogen-bond donors (Lipinski definition) is 3. The second-order valence-electron chi connectivity index (χ2n) is 2.83. The first kappa shape index (κ1) is 10.3. The number of fused-ring (bicyclic) bond motifs is 1. The molecule has 8 nitrogen and oxygen atoms in total. The van der Waals surface area contributed by atoms with Gasteiger partial charge in [0.2, 0.25) is 5.95 Å². The predicted molar refractivity (Wildman–Crippen MR) is 60.4 cm³/mol. The highest BCUT2D eigenvalue weighted by atomic mass is 16.6. The van der Waals surface area contributed by atoms with E-state index in [2.05, 4.69) is 35.7 Å². The average Bonchev–Trinajstić information content (AvgIpc) is 2.75. The molecule has 2 rings (SSSR count). The van der Waals surface area contributed by atoms with Crippen molar-refractivity contribution in [1.29, 1.82) is 0 Å². The van der Waals surface area contributed by atoms with E-state index in [-0.39, 0.29) is 0 Å². The summed E-state index contributed by atoms with van der Waals surface area (Å²) in [6, 6.07) is 0. The lowest BCUT2D eigenvalue weighted by Crippen LogP contribution is -2.05. The summed E-state index contributed by atoms with van der Waals surface area (Å²) in [4.78, 5) is 23.9. The van der Waals surface area contributed by atoms with E-state index in [4.69, 9.17) is 4.84 Å². The molecule has 0 atom stereocenters. The summed E-state index contributed by atoms with van der Waals surface area (Å²) >= 11 is 0. The van der Waals surface area contributed by atoms with Crippen molar-refractivity contribution >= 4 is 29.3 Å². The molecule has 0 fully saturated rings. The van der Waals surface area contributed by atoms with Crippen LogP contribution in [0, 0.1) is 0 Å². The molecule has 8 heteroatoms. The van der Waals surface area contributed by atoms with Crippen molar-refractivity contribution in [3.8, 4) is 0 Å². The maximum Gasteiger partial charge on any atom is 0.232 e. The van der Waals surface area contributed by atoms with Crippen LogP contribution in [0.15, 0.2) is 11.3 Å². The number of nitrogens with zero attached hydrogens (tertiary/aromatic N) is 4. The van der Waals surface area contributed by atoms with Crippen LogP contribution in [-0.4, -0.2) is 40.4 Å². The first-order valence-corrected chi connectivity index (χ1v) is 4.52. The summed E-state index contributed by atoms with van der Waals surface area (Å²) in [6.45, 7) is 0. The minimum absolute atomic E-state index is 0.393. The number of aromatic nitrogens is 4. The van der Waals surface area contributed by atoms with Crippen LogP contribution in [0.4, 0.5) is 11.8 Å². The van der Waals surface area contributed by atoms with Crippen molar-refractivity contribution in [2.45, 2.75) is 0 Å². The molecule has 0 radical (unpaired) electrons. The Morgan fingerprint density at radius 2 is 2.38 bits per heavy atom. The molecule has 0 saturated heterocycles. The fourth-order valence-electron chi connectivity index (χ4n) is 1.19. The summed E-state index contributed by atoms with van der Waals surface area (Å²) < 4.78 is 0. The normalized spacial score (nSPS) is 11.1. The van der Waals surface area contributed by atoms with Crippen LogP contribution in [0.2, 0.25) is 0 Å². The van der Waals surface area contributed by atoms with Crippen LogP contribution in [0.1, 0.15) is 0 Å². The van der Waals surface area contributed by atoms with Gasteiger partial charge in [-0.05, 0) is 0 Å². The highest BCUT2D eigenvalue weighted by Gasteiger charge is 2.08. The second kappa shape index (κ2) is 4.53. The molecule has 3 N–H and O–H groups in total. The van der Waals surface area contributed by atoms with Gasteiger partial charge in [-0.15, -0.1) is 0 Å². The molecule has 2 aromatic rings. The molecule has 16 heavy (non-hydrogen) atoms.